The molecule has 1 rings (SSSR count). The molecule has 1 aliphatic rings. The van der Waals surface area contributed by atoms with Gasteiger partial charge in [0.25, 0.3) is 0 Å². The van der Waals surface area contributed by atoms with Gasteiger partial charge in [-0.15, -0.1) is 23.2 Å². The van der Waals surface area contributed by atoms with Crippen LogP contribution < -0.4 is 0 Å². The van der Waals surface area contributed by atoms with Crippen molar-refractivity contribution >= 4 is 23.2 Å². The third kappa shape index (κ3) is 25.1. The zero-order valence-corrected chi connectivity index (χ0v) is 12.0. The Morgan fingerprint density at radius 1 is 0.667 bits per heavy atom. The van der Waals surface area contributed by atoms with Crippen LogP contribution in [0.4, 0.5) is 0 Å². The number of halogens is 2. The molecule has 0 spiro atoms. The Hall–Kier alpha value is 0.580. The van der Waals surface area contributed by atoms with Crippen LogP contribution in [0.25, 0.3) is 0 Å². The van der Waals surface area contributed by atoms with Gasteiger partial charge in [0, 0.05) is 0 Å². The van der Waals surface area contributed by atoms with E-state index >= 15 is 0 Å². The molecule has 0 aliphatic heterocycles. The van der Waals surface area contributed by atoms with E-state index in [1.54, 1.807) is 0 Å². The van der Waals surface area contributed by atoms with Crippen molar-refractivity contribution in [3.63, 3.8) is 0 Å². The van der Waals surface area contributed by atoms with E-state index in [-0.39, 0.29) is 5.34 Å². The predicted octanol–water partition coefficient (Wildman–Crippen LogP) is 6.35. The highest BCUT2D eigenvalue weighted by Crippen LogP contribution is 2.15. The van der Waals surface area contributed by atoms with E-state index in [0.717, 1.165) is 0 Å². The Bertz CT molecular complexity index is 65.1. The summed E-state index contributed by atoms with van der Waals surface area (Å²) in [6, 6.07) is 0. The van der Waals surface area contributed by atoms with Crippen molar-refractivity contribution in [1.82, 2.24) is 0 Å². The number of hydrogen-bond donors (Lipinski definition) is 0. The van der Waals surface area contributed by atoms with E-state index in [9.17, 15) is 0 Å². The van der Waals surface area contributed by atoms with Gasteiger partial charge in [0.15, 0.2) is 0 Å². The molecule has 0 saturated heterocycles. The fraction of sp³-hybridized carbons (Fsp3) is 1.00. The summed E-state index contributed by atoms with van der Waals surface area (Å²) in [6.07, 6.45) is 14.5. The van der Waals surface area contributed by atoms with E-state index < -0.39 is 0 Å². The van der Waals surface area contributed by atoms with Crippen molar-refractivity contribution < 1.29 is 0 Å². The average molecular weight is 255 g/mol. The van der Waals surface area contributed by atoms with Crippen LogP contribution in [0.1, 0.15) is 78.1 Å². The second-order valence-corrected chi connectivity index (χ2v) is 4.74. The van der Waals surface area contributed by atoms with Crippen LogP contribution in [0.3, 0.4) is 0 Å². The fourth-order valence-electron chi connectivity index (χ4n) is 1.56. The average Bonchev–Trinajstić information content (AvgIpc) is 2.30. The molecule has 0 nitrogen and oxygen atoms in total. The maximum Gasteiger partial charge on any atom is 0.0967 e. The second-order valence-electron chi connectivity index (χ2n) is 3.93. The molecule has 0 aromatic carbocycles. The molecule has 0 aromatic heterocycles. The summed E-state index contributed by atoms with van der Waals surface area (Å²) in [5.74, 6) is 0. The molecular formula is C13H28Cl2. The van der Waals surface area contributed by atoms with E-state index in [1.165, 1.54) is 64.2 Å². The Kier molecular flexibility index (Phi) is 24.0. The predicted molar refractivity (Wildman–Crippen MR) is 74.1 cm³/mol. The molecule has 1 aliphatic carbocycles. The maximum atomic E-state index is 4.76. The summed E-state index contributed by atoms with van der Waals surface area (Å²) in [6.45, 7) is 4.46. The highest BCUT2D eigenvalue weighted by molar-refractivity contribution is 6.40. The first-order valence-corrected chi connectivity index (χ1v) is 7.52. The minimum atomic E-state index is 0.194. The van der Waals surface area contributed by atoms with Crippen molar-refractivity contribution in [2.45, 2.75) is 78.1 Å². The summed E-state index contributed by atoms with van der Waals surface area (Å²) >= 11 is 9.53. The third-order valence-corrected chi connectivity index (χ3v) is 2.46. The van der Waals surface area contributed by atoms with Gasteiger partial charge in [-0.2, -0.15) is 0 Å². The molecule has 0 amide bonds. The lowest BCUT2D eigenvalue weighted by Gasteiger charge is -2.05. The molecule has 94 valence electrons. The summed E-state index contributed by atoms with van der Waals surface area (Å²) < 4.78 is 0. The number of unbranched alkanes of at least 4 members (excludes halogenated alkanes) is 3. The minimum Gasteiger partial charge on any atom is -0.109 e. The maximum absolute atomic E-state index is 4.76. The molecule has 0 atom stereocenters. The SMILES string of the molecule is C1CCCCC1.CCCCCC.ClCCl. The lowest BCUT2D eigenvalue weighted by atomic mass is 10.0. The largest absolute Gasteiger partial charge is 0.109 e. The van der Waals surface area contributed by atoms with Crippen molar-refractivity contribution in [3.05, 3.63) is 0 Å². The van der Waals surface area contributed by atoms with Crippen LogP contribution in [0, 0.1) is 0 Å². The monoisotopic (exact) mass is 254 g/mol. The normalized spacial score (nSPS) is 14.4. The number of rotatable bonds is 3. The Morgan fingerprint density at radius 3 is 1.00 bits per heavy atom. The molecule has 0 unspecified atom stereocenters. The van der Waals surface area contributed by atoms with Crippen LogP contribution in [0.15, 0.2) is 0 Å². The first-order chi connectivity index (χ1) is 7.33. The van der Waals surface area contributed by atoms with Crippen LogP contribution in [0.5, 0.6) is 0 Å². The van der Waals surface area contributed by atoms with Gasteiger partial charge in [0.1, 0.15) is 0 Å². The number of alkyl halides is 2. The Labute approximate surface area is 107 Å². The van der Waals surface area contributed by atoms with Crippen molar-refractivity contribution in [2.24, 2.45) is 0 Å². The molecule has 0 radical (unpaired) electrons. The van der Waals surface area contributed by atoms with E-state index in [2.05, 4.69) is 13.8 Å². The van der Waals surface area contributed by atoms with Crippen LogP contribution in [-0.2, 0) is 0 Å². The molecule has 0 aromatic rings. The van der Waals surface area contributed by atoms with E-state index in [1.807, 2.05) is 0 Å². The molecule has 15 heavy (non-hydrogen) atoms. The molecular weight excluding hydrogens is 227 g/mol. The minimum absolute atomic E-state index is 0.194. The van der Waals surface area contributed by atoms with Crippen molar-refractivity contribution in [3.8, 4) is 0 Å². The molecule has 1 saturated carbocycles. The van der Waals surface area contributed by atoms with Crippen molar-refractivity contribution in [1.29, 1.82) is 0 Å². The number of hydrogen-bond acceptors (Lipinski definition) is 0. The van der Waals surface area contributed by atoms with Gasteiger partial charge in [-0.05, 0) is 0 Å². The zero-order valence-electron chi connectivity index (χ0n) is 10.5. The van der Waals surface area contributed by atoms with Crippen LogP contribution in [0.2, 0.25) is 0 Å². The summed E-state index contributed by atoms with van der Waals surface area (Å²) in [4.78, 5) is 0. The van der Waals surface area contributed by atoms with Gasteiger partial charge in [0.05, 0.1) is 5.34 Å². The second kappa shape index (κ2) is 20.1. The smallest absolute Gasteiger partial charge is 0.0967 e. The van der Waals surface area contributed by atoms with Gasteiger partial charge in [0.2, 0.25) is 0 Å². The Morgan fingerprint density at radius 2 is 0.867 bits per heavy atom. The molecule has 0 bridgehead atoms. The van der Waals surface area contributed by atoms with Gasteiger partial charge < -0.3 is 0 Å². The first kappa shape index (κ1) is 18.0. The standard InChI is InChI=1S/C6H12.C6H14.CH2Cl2/c1-2-4-6-5-3-1;1-3-5-6-4-2;2-1-3/h1-6H2;3-6H2,1-2H3;1H2. The van der Waals surface area contributed by atoms with Crippen molar-refractivity contribution in [2.75, 3.05) is 5.34 Å². The fourth-order valence-corrected chi connectivity index (χ4v) is 1.56. The Balaban J connectivity index is 0. The first-order valence-electron chi connectivity index (χ1n) is 6.45. The van der Waals surface area contributed by atoms with Gasteiger partial charge in [-0.25, -0.2) is 0 Å². The van der Waals surface area contributed by atoms with Gasteiger partial charge in [-0.1, -0.05) is 78.1 Å². The summed E-state index contributed by atoms with van der Waals surface area (Å²) in [5.41, 5.74) is 0. The van der Waals surface area contributed by atoms with E-state index in [4.69, 9.17) is 23.2 Å². The van der Waals surface area contributed by atoms with Gasteiger partial charge in [-0.3, -0.25) is 0 Å². The summed E-state index contributed by atoms with van der Waals surface area (Å²) in [7, 11) is 0. The van der Waals surface area contributed by atoms with Crippen LogP contribution >= 0.6 is 23.2 Å². The molecule has 2 heteroatoms. The molecule has 1 fully saturated rings. The van der Waals surface area contributed by atoms with E-state index in [0.29, 0.717) is 0 Å². The lowest BCUT2D eigenvalue weighted by Crippen LogP contribution is -1.85. The van der Waals surface area contributed by atoms with Gasteiger partial charge >= 0.3 is 0 Å². The highest BCUT2D eigenvalue weighted by Gasteiger charge is 1.95. The zero-order chi connectivity index (χ0) is 11.8. The quantitative estimate of drug-likeness (QED) is 0.407. The topological polar surface area (TPSA) is 0 Å². The third-order valence-electron chi connectivity index (χ3n) is 2.46. The molecule has 0 heterocycles. The van der Waals surface area contributed by atoms with Crippen LogP contribution in [-0.4, -0.2) is 5.34 Å². The molecule has 0 N–H and O–H groups in total. The highest BCUT2D eigenvalue weighted by atomic mass is 35.5. The lowest BCUT2D eigenvalue weighted by molar-refractivity contribution is 0.504. The summed E-state index contributed by atoms with van der Waals surface area (Å²) in [5, 5.41) is 0.194.